The van der Waals surface area contributed by atoms with Crippen molar-refractivity contribution in [2.75, 3.05) is 5.32 Å². The standard InChI is InChI=1S/C19H22FN5O3S2/c1-11(2)14-7-13(20)8-15(16-9-21-10-29-16)18(14)22-19(26)24-30(27,28)17-5-6-25(23-17)12(3)4/h5-12H,1-4H3,(H2,22,24,26). The largest absolute Gasteiger partial charge is 0.333 e. The Labute approximate surface area is 178 Å². The first-order valence-corrected chi connectivity index (χ1v) is 11.6. The predicted molar refractivity (Wildman–Crippen MR) is 114 cm³/mol. The molecule has 2 aromatic heterocycles. The van der Waals surface area contributed by atoms with Gasteiger partial charge in [-0.1, -0.05) is 13.8 Å². The van der Waals surface area contributed by atoms with Crippen LogP contribution in [0.25, 0.3) is 10.4 Å². The van der Waals surface area contributed by atoms with Crippen molar-refractivity contribution in [2.24, 2.45) is 0 Å². The zero-order valence-corrected chi connectivity index (χ0v) is 18.5. The highest BCUT2D eigenvalue weighted by molar-refractivity contribution is 7.90. The van der Waals surface area contributed by atoms with Crippen molar-refractivity contribution >= 4 is 33.1 Å². The SMILES string of the molecule is CC(C)c1cc(F)cc(-c2cncs2)c1NC(=O)NS(=O)(=O)c1ccn(C(C)C)n1. The average Bonchev–Trinajstić information content (AvgIpc) is 3.34. The second kappa shape index (κ2) is 8.52. The van der Waals surface area contributed by atoms with Crippen LogP contribution in [0.2, 0.25) is 0 Å². The van der Waals surface area contributed by atoms with E-state index in [1.807, 2.05) is 32.4 Å². The van der Waals surface area contributed by atoms with Gasteiger partial charge in [-0.05, 0) is 43.5 Å². The maximum atomic E-state index is 14.2. The van der Waals surface area contributed by atoms with Crippen LogP contribution in [0.15, 0.2) is 41.1 Å². The van der Waals surface area contributed by atoms with Crippen LogP contribution in [0.1, 0.15) is 45.2 Å². The van der Waals surface area contributed by atoms with Gasteiger partial charge in [-0.2, -0.15) is 13.5 Å². The number of amides is 2. The van der Waals surface area contributed by atoms with Crippen molar-refractivity contribution in [2.45, 2.75) is 44.7 Å². The molecule has 0 bridgehead atoms. The Hall–Kier alpha value is -2.79. The lowest BCUT2D eigenvalue weighted by atomic mass is 9.97. The van der Waals surface area contributed by atoms with Crippen molar-refractivity contribution in [3.63, 3.8) is 0 Å². The molecule has 2 N–H and O–H groups in total. The maximum Gasteiger partial charge on any atom is 0.333 e. The summed E-state index contributed by atoms with van der Waals surface area (Å²) in [6, 6.07) is 2.93. The number of carbonyl (C=O) groups is 1. The number of nitrogens with zero attached hydrogens (tertiary/aromatic N) is 3. The van der Waals surface area contributed by atoms with Crippen molar-refractivity contribution < 1.29 is 17.6 Å². The van der Waals surface area contributed by atoms with Crippen molar-refractivity contribution in [3.8, 4) is 10.4 Å². The van der Waals surface area contributed by atoms with E-state index in [-0.39, 0.29) is 17.0 Å². The van der Waals surface area contributed by atoms with E-state index in [0.717, 1.165) is 0 Å². The van der Waals surface area contributed by atoms with E-state index in [2.05, 4.69) is 15.4 Å². The minimum Gasteiger partial charge on any atom is -0.306 e. The summed E-state index contributed by atoms with van der Waals surface area (Å²) in [5.74, 6) is -0.582. The Balaban J connectivity index is 1.92. The summed E-state index contributed by atoms with van der Waals surface area (Å²) in [6.45, 7) is 7.41. The fourth-order valence-electron chi connectivity index (χ4n) is 2.83. The smallest absolute Gasteiger partial charge is 0.306 e. The van der Waals surface area contributed by atoms with Crippen LogP contribution in [0.3, 0.4) is 0 Å². The first-order chi connectivity index (χ1) is 14.1. The number of carbonyl (C=O) groups excluding carboxylic acids is 1. The van der Waals surface area contributed by atoms with Crippen LogP contribution in [-0.2, 0) is 10.0 Å². The molecule has 160 valence electrons. The molecule has 0 aliphatic heterocycles. The topological polar surface area (TPSA) is 106 Å². The molecule has 2 amide bonds. The fourth-order valence-corrected chi connectivity index (χ4v) is 4.32. The first-order valence-electron chi connectivity index (χ1n) is 9.19. The summed E-state index contributed by atoms with van der Waals surface area (Å²) in [7, 11) is -4.18. The van der Waals surface area contributed by atoms with E-state index in [9.17, 15) is 17.6 Å². The van der Waals surface area contributed by atoms with Crippen LogP contribution in [0.4, 0.5) is 14.9 Å². The van der Waals surface area contributed by atoms with Gasteiger partial charge in [-0.3, -0.25) is 9.67 Å². The third kappa shape index (κ3) is 4.68. The Bertz CT molecular complexity index is 1160. The number of hydrogen-bond donors (Lipinski definition) is 2. The van der Waals surface area contributed by atoms with Crippen molar-refractivity contribution in [3.05, 3.63) is 47.5 Å². The van der Waals surface area contributed by atoms with E-state index < -0.39 is 21.9 Å². The number of sulfonamides is 1. The summed E-state index contributed by atoms with van der Waals surface area (Å²) in [4.78, 5) is 17.2. The zero-order valence-electron chi connectivity index (χ0n) is 16.9. The highest BCUT2D eigenvalue weighted by atomic mass is 32.2. The number of nitrogens with one attached hydrogen (secondary N) is 2. The summed E-state index contributed by atoms with van der Waals surface area (Å²) >= 11 is 1.28. The summed E-state index contributed by atoms with van der Waals surface area (Å²) in [6.07, 6.45) is 3.08. The van der Waals surface area contributed by atoms with E-state index in [4.69, 9.17) is 0 Å². The number of hydrogen-bond acceptors (Lipinski definition) is 6. The monoisotopic (exact) mass is 451 g/mol. The van der Waals surface area contributed by atoms with Crippen LogP contribution in [0, 0.1) is 5.82 Å². The van der Waals surface area contributed by atoms with Gasteiger partial charge in [0.05, 0.1) is 16.1 Å². The van der Waals surface area contributed by atoms with Crippen LogP contribution >= 0.6 is 11.3 Å². The van der Waals surface area contributed by atoms with Gasteiger partial charge in [0.2, 0.25) is 0 Å². The molecule has 3 rings (SSSR count). The van der Waals surface area contributed by atoms with E-state index in [1.54, 1.807) is 11.7 Å². The van der Waals surface area contributed by atoms with Gasteiger partial charge in [0.1, 0.15) is 5.82 Å². The molecule has 3 aromatic rings. The summed E-state index contributed by atoms with van der Waals surface area (Å²) in [5, 5.41) is 6.30. The maximum absolute atomic E-state index is 14.2. The molecule has 0 aliphatic carbocycles. The van der Waals surface area contributed by atoms with Gasteiger partial charge in [0.25, 0.3) is 10.0 Å². The Kier molecular flexibility index (Phi) is 6.22. The van der Waals surface area contributed by atoms with Gasteiger partial charge in [-0.15, -0.1) is 11.3 Å². The number of aromatic nitrogens is 3. The molecule has 2 heterocycles. The molecule has 1 aromatic carbocycles. The summed E-state index contributed by atoms with van der Waals surface area (Å²) < 4.78 is 42.7. The predicted octanol–water partition coefficient (Wildman–Crippen LogP) is 4.36. The molecule has 0 saturated carbocycles. The van der Waals surface area contributed by atoms with Gasteiger partial charge in [0.15, 0.2) is 5.03 Å². The van der Waals surface area contributed by atoms with E-state index in [0.29, 0.717) is 21.7 Å². The minimum atomic E-state index is -4.18. The number of rotatable bonds is 6. The number of halogens is 1. The molecule has 0 fully saturated rings. The number of urea groups is 1. The third-order valence-corrected chi connectivity index (χ3v) is 6.34. The quantitative estimate of drug-likeness (QED) is 0.579. The number of benzene rings is 1. The molecule has 0 unspecified atom stereocenters. The molecule has 0 atom stereocenters. The third-order valence-electron chi connectivity index (χ3n) is 4.31. The number of anilines is 1. The Morgan fingerprint density at radius 1 is 1.23 bits per heavy atom. The van der Waals surface area contributed by atoms with Crippen molar-refractivity contribution in [1.29, 1.82) is 0 Å². The fraction of sp³-hybridized carbons (Fsp3) is 0.316. The molecule has 30 heavy (non-hydrogen) atoms. The van der Waals surface area contributed by atoms with Crippen LogP contribution < -0.4 is 10.0 Å². The molecule has 0 saturated heterocycles. The highest BCUT2D eigenvalue weighted by Crippen LogP contribution is 2.37. The second-order valence-corrected chi connectivity index (χ2v) is 9.74. The Morgan fingerprint density at radius 3 is 2.53 bits per heavy atom. The normalized spacial score (nSPS) is 11.8. The first kappa shape index (κ1) is 21.9. The number of thiazole rings is 1. The van der Waals surface area contributed by atoms with Gasteiger partial charge in [-0.25, -0.2) is 13.9 Å². The molecule has 0 spiro atoms. The van der Waals surface area contributed by atoms with Crippen LogP contribution in [-0.4, -0.2) is 29.2 Å². The molecular weight excluding hydrogens is 429 g/mol. The molecule has 11 heteroatoms. The van der Waals surface area contributed by atoms with Crippen LogP contribution in [0.5, 0.6) is 0 Å². The van der Waals surface area contributed by atoms with Gasteiger partial charge < -0.3 is 5.32 Å². The van der Waals surface area contributed by atoms with Crippen molar-refractivity contribution in [1.82, 2.24) is 19.5 Å². The molecule has 8 nitrogen and oxygen atoms in total. The lowest BCUT2D eigenvalue weighted by Crippen LogP contribution is -2.35. The Morgan fingerprint density at radius 2 is 1.97 bits per heavy atom. The van der Waals surface area contributed by atoms with E-state index >= 15 is 0 Å². The minimum absolute atomic E-state index is 0.0300. The zero-order chi connectivity index (χ0) is 22.1. The molecule has 0 aliphatic rings. The van der Waals surface area contributed by atoms with Gasteiger partial charge >= 0.3 is 6.03 Å². The summed E-state index contributed by atoms with van der Waals surface area (Å²) in [5.41, 5.74) is 2.89. The van der Waals surface area contributed by atoms with E-state index in [1.165, 1.54) is 40.4 Å². The average molecular weight is 452 g/mol. The highest BCUT2D eigenvalue weighted by Gasteiger charge is 2.24. The lowest BCUT2D eigenvalue weighted by Gasteiger charge is -2.18. The second-order valence-electron chi connectivity index (χ2n) is 7.23. The van der Waals surface area contributed by atoms with Gasteiger partial charge in [0, 0.05) is 24.0 Å². The molecule has 0 radical (unpaired) electrons. The molecular formula is C19H22FN5O3S2. The lowest BCUT2D eigenvalue weighted by molar-refractivity contribution is 0.256.